The zero-order valence-electron chi connectivity index (χ0n) is 6.22. The lowest BCUT2D eigenvalue weighted by Gasteiger charge is -2.05. The first-order valence-corrected chi connectivity index (χ1v) is 3.10. The van der Waals surface area contributed by atoms with Crippen LogP contribution in [-0.4, -0.2) is 38.0 Å². The van der Waals surface area contributed by atoms with Gasteiger partial charge in [-0.1, -0.05) is 0 Å². The molecular formula is C7H14N2. The summed E-state index contributed by atoms with van der Waals surface area (Å²) < 4.78 is 0. The van der Waals surface area contributed by atoms with Crippen LogP contribution in [0.5, 0.6) is 0 Å². The molecule has 0 amide bonds. The maximum Gasteiger partial charge on any atom is 0.0495 e. The van der Waals surface area contributed by atoms with Crippen LogP contribution in [0, 0.1) is 0 Å². The Hall–Kier alpha value is -0.590. The molecule has 0 aliphatic heterocycles. The lowest BCUT2D eigenvalue weighted by Crippen LogP contribution is -2.13. The predicted molar refractivity (Wildman–Crippen MR) is 41.1 cm³/mol. The Morgan fingerprint density at radius 2 is 2.22 bits per heavy atom. The van der Waals surface area contributed by atoms with Crippen molar-refractivity contribution in [2.45, 2.75) is 6.42 Å². The van der Waals surface area contributed by atoms with E-state index < -0.39 is 0 Å². The van der Waals surface area contributed by atoms with Gasteiger partial charge in [-0.25, -0.2) is 4.99 Å². The summed E-state index contributed by atoms with van der Waals surface area (Å²) in [7, 11) is 4.11. The summed E-state index contributed by atoms with van der Waals surface area (Å²) in [4.78, 5) is 5.99. The van der Waals surface area contributed by atoms with E-state index in [2.05, 4.69) is 36.4 Å². The smallest absolute Gasteiger partial charge is 0.0495 e. The van der Waals surface area contributed by atoms with Crippen molar-refractivity contribution in [1.82, 2.24) is 4.90 Å². The molecule has 0 heterocycles. The highest BCUT2D eigenvalue weighted by Gasteiger charge is 1.86. The lowest BCUT2D eigenvalue weighted by molar-refractivity contribution is 0.403. The molecule has 0 aliphatic rings. The Morgan fingerprint density at radius 3 is 2.67 bits per heavy atom. The molecule has 2 nitrogen and oxygen atoms in total. The highest BCUT2D eigenvalue weighted by Crippen LogP contribution is 1.82. The third-order valence-corrected chi connectivity index (χ3v) is 0.987. The molecule has 0 saturated heterocycles. The van der Waals surface area contributed by atoms with Crippen molar-refractivity contribution in [2.24, 2.45) is 4.99 Å². The zero-order valence-corrected chi connectivity index (χ0v) is 6.22. The van der Waals surface area contributed by atoms with Crippen molar-refractivity contribution in [1.29, 1.82) is 0 Å². The summed E-state index contributed by atoms with van der Waals surface area (Å²) in [5, 5.41) is 0. The van der Waals surface area contributed by atoms with Gasteiger partial charge < -0.3 is 4.90 Å². The van der Waals surface area contributed by atoms with Crippen LogP contribution in [0.4, 0.5) is 0 Å². The van der Waals surface area contributed by atoms with E-state index in [0.29, 0.717) is 0 Å². The Labute approximate surface area is 56.9 Å². The SMILES string of the molecule is C=C=NCCCN(C)C. The summed E-state index contributed by atoms with van der Waals surface area (Å²) in [5.74, 6) is 2.50. The summed E-state index contributed by atoms with van der Waals surface area (Å²) in [6, 6.07) is 0. The van der Waals surface area contributed by atoms with Crippen molar-refractivity contribution in [3.8, 4) is 0 Å². The normalized spacial score (nSPS) is 9.22. The molecule has 0 N–H and O–H groups in total. The lowest BCUT2D eigenvalue weighted by atomic mass is 10.4. The fourth-order valence-electron chi connectivity index (χ4n) is 0.545. The molecule has 0 atom stereocenters. The number of nitrogens with zero attached hydrogens (tertiary/aromatic N) is 2. The minimum atomic E-state index is 0.849. The molecule has 0 aromatic rings. The molecule has 0 aromatic heterocycles. The minimum absolute atomic E-state index is 0.849. The molecular weight excluding hydrogens is 112 g/mol. The van der Waals surface area contributed by atoms with Crippen LogP contribution in [0.3, 0.4) is 0 Å². The maximum absolute atomic E-state index is 3.86. The second-order valence-corrected chi connectivity index (χ2v) is 2.20. The van der Waals surface area contributed by atoms with Crippen LogP contribution >= 0.6 is 0 Å². The molecule has 0 spiro atoms. The molecule has 0 bridgehead atoms. The van der Waals surface area contributed by atoms with E-state index in [0.717, 1.165) is 19.5 Å². The second kappa shape index (κ2) is 5.54. The molecule has 0 aromatic carbocycles. The van der Waals surface area contributed by atoms with Crippen molar-refractivity contribution in [3.63, 3.8) is 0 Å². The Morgan fingerprint density at radius 1 is 1.56 bits per heavy atom. The molecule has 0 saturated carbocycles. The summed E-state index contributed by atoms with van der Waals surface area (Å²) in [5.41, 5.74) is 0. The van der Waals surface area contributed by atoms with Crippen LogP contribution in [0.2, 0.25) is 0 Å². The third kappa shape index (κ3) is 7.41. The van der Waals surface area contributed by atoms with Crippen molar-refractivity contribution in [3.05, 3.63) is 6.58 Å². The first kappa shape index (κ1) is 8.41. The fraction of sp³-hybridized carbons (Fsp3) is 0.714. The minimum Gasteiger partial charge on any atom is -0.309 e. The van der Waals surface area contributed by atoms with Crippen LogP contribution < -0.4 is 0 Å². The van der Waals surface area contributed by atoms with Crippen molar-refractivity contribution >= 4 is 5.87 Å². The van der Waals surface area contributed by atoms with E-state index in [-0.39, 0.29) is 0 Å². The largest absolute Gasteiger partial charge is 0.309 e. The van der Waals surface area contributed by atoms with Gasteiger partial charge >= 0.3 is 0 Å². The number of aliphatic imine (C=N–C) groups is 1. The van der Waals surface area contributed by atoms with Gasteiger partial charge in [-0.2, -0.15) is 0 Å². The molecule has 0 radical (unpaired) electrons. The van der Waals surface area contributed by atoms with E-state index in [9.17, 15) is 0 Å². The van der Waals surface area contributed by atoms with Crippen LogP contribution in [-0.2, 0) is 0 Å². The van der Waals surface area contributed by atoms with E-state index in [1.807, 2.05) is 0 Å². The molecule has 52 valence electrons. The molecule has 0 rings (SSSR count). The quantitative estimate of drug-likeness (QED) is 0.402. The Bertz CT molecular complexity index is 101. The van der Waals surface area contributed by atoms with Crippen LogP contribution in [0.25, 0.3) is 0 Å². The van der Waals surface area contributed by atoms with Crippen molar-refractivity contribution < 1.29 is 0 Å². The van der Waals surface area contributed by atoms with E-state index >= 15 is 0 Å². The van der Waals surface area contributed by atoms with Gasteiger partial charge in [0, 0.05) is 6.54 Å². The predicted octanol–water partition coefficient (Wildman–Crippen LogP) is 0.794. The van der Waals surface area contributed by atoms with Gasteiger partial charge in [-0.05, 0) is 39.5 Å². The standard InChI is InChI=1S/C7H14N2/c1-4-8-6-5-7-9(2)3/h1,5-7H2,2-3H3. The topological polar surface area (TPSA) is 15.6 Å². The molecule has 0 fully saturated rings. The van der Waals surface area contributed by atoms with E-state index in [1.54, 1.807) is 0 Å². The van der Waals surface area contributed by atoms with Gasteiger partial charge in [0.15, 0.2) is 0 Å². The highest BCUT2D eigenvalue weighted by molar-refractivity contribution is 5.46. The zero-order chi connectivity index (χ0) is 7.11. The fourth-order valence-corrected chi connectivity index (χ4v) is 0.545. The Balaban J connectivity index is 3.00. The molecule has 9 heavy (non-hydrogen) atoms. The second-order valence-electron chi connectivity index (χ2n) is 2.20. The molecule has 0 aliphatic carbocycles. The van der Waals surface area contributed by atoms with Crippen LogP contribution in [0.1, 0.15) is 6.42 Å². The number of hydrogen-bond donors (Lipinski definition) is 0. The summed E-state index contributed by atoms with van der Waals surface area (Å²) in [6.45, 7) is 5.31. The van der Waals surface area contributed by atoms with Crippen molar-refractivity contribution in [2.75, 3.05) is 27.2 Å². The first-order valence-electron chi connectivity index (χ1n) is 3.10. The van der Waals surface area contributed by atoms with E-state index in [4.69, 9.17) is 0 Å². The number of hydrogen-bond acceptors (Lipinski definition) is 2. The Kier molecular flexibility index (Phi) is 5.18. The average Bonchev–Trinajstić information content (AvgIpc) is 1.80. The van der Waals surface area contributed by atoms with Crippen LogP contribution in [0.15, 0.2) is 11.6 Å². The first-order chi connectivity index (χ1) is 4.27. The monoisotopic (exact) mass is 126 g/mol. The summed E-state index contributed by atoms with van der Waals surface area (Å²) in [6.07, 6.45) is 1.09. The van der Waals surface area contributed by atoms with Gasteiger partial charge in [-0.3, -0.25) is 0 Å². The van der Waals surface area contributed by atoms with Gasteiger partial charge in [0.05, 0.1) is 0 Å². The number of rotatable bonds is 4. The third-order valence-electron chi connectivity index (χ3n) is 0.987. The molecule has 2 heteroatoms. The summed E-state index contributed by atoms with van der Waals surface area (Å²) >= 11 is 0. The molecule has 0 unspecified atom stereocenters. The van der Waals surface area contributed by atoms with Gasteiger partial charge in [0.1, 0.15) is 0 Å². The van der Waals surface area contributed by atoms with Gasteiger partial charge in [0.25, 0.3) is 0 Å². The maximum atomic E-state index is 3.86. The average molecular weight is 126 g/mol. The van der Waals surface area contributed by atoms with E-state index in [1.165, 1.54) is 0 Å². The van der Waals surface area contributed by atoms with Gasteiger partial charge in [0.2, 0.25) is 0 Å². The van der Waals surface area contributed by atoms with Gasteiger partial charge in [-0.15, -0.1) is 0 Å². The highest BCUT2D eigenvalue weighted by atomic mass is 15.0.